The van der Waals surface area contributed by atoms with Crippen molar-refractivity contribution >= 4 is 80.1 Å². The molecule has 0 aromatic heterocycles. The Bertz CT molecular complexity index is 1170. The summed E-state index contributed by atoms with van der Waals surface area (Å²) in [5, 5.41) is 0. The molecule has 0 unspecified atom stereocenters. The van der Waals surface area contributed by atoms with Crippen LogP contribution in [0.2, 0.25) is 0 Å². The maximum atomic E-state index is 13.5. The van der Waals surface area contributed by atoms with Gasteiger partial charge in [-0.15, -0.1) is 0 Å². The number of halogens is 1. The number of benzene rings is 1. The lowest BCUT2D eigenvalue weighted by Gasteiger charge is -2.46. The van der Waals surface area contributed by atoms with Crippen molar-refractivity contribution in [3.63, 3.8) is 0 Å². The smallest absolute Gasteiger partial charge is 0.303 e. The summed E-state index contributed by atoms with van der Waals surface area (Å²) in [5.41, 5.74) is 0.732. The van der Waals surface area contributed by atoms with Gasteiger partial charge in [0, 0.05) is 32.2 Å². The molecule has 0 radical (unpaired) electrons. The van der Waals surface area contributed by atoms with Gasteiger partial charge in [0.15, 0.2) is 28.9 Å². The van der Waals surface area contributed by atoms with Gasteiger partial charge in [0.1, 0.15) is 12.7 Å². The lowest BCUT2D eigenvalue weighted by molar-refractivity contribution is -0.268. The van der Waals surface area contributed by atoms with Crippen LogP contribution in [0, 0.1) is 0 Å². The van der Waals surface area contributed by atoms with Crippen molar-refractivity contribution in [2.24, 2.45) is 0 Å². The molecule has 204 valence electrons. The van der Waals surface area contributed by atoms with E-state index in [9.17, 15) is 24.0 Å². The molecule has 2 aliphatic heterocycles. The third kappa shape index (κ3) is 7.40. The summed E-state index contributed by atoms with van der Waals surface area (Å²) >= 11 is 9.83. The molecule has 0 bridgehead atoms. The van der Waals surface area contributed by atoms with Crippen LogP contribution in [0.5, 0.6) is 0 Å². The van der Waals surface area contributed by atoms with E-state index in [1.807, 2.05) is 12.1 Å². The molecule has 0 N–H and O–H groups in total. The molecular formula is C24H24BrNO10S2. The third-order valence-electron chi connectivity index (χ3n) is 5.21. The van der Waals surface area contributed by atoms with Gasteiger partial charge in [-0.05, 0) is 23.8 Å². The Hall–Kier alpha value is -2.81. The quantitative estimate of drug-likeness (QED) is 0.190. The summed E-state index contributed by atoms with van der Waals surface area (Å²) < 4.78 is 28.3. The first-order chi connectivity index (χ1) is 17.9. The predicted molar refractivity (Wildman–Crippen MR) is 141 cm³/mol. The van der Waals surface area contributed by atoms with Gasteiger partial charge in [-0.1, -0.05) is 52.0 Å². The van der Waals surface area contributed by atoms with Crippen molar-refractivity contribution in [2.45, 2.75) is 58.3 Å². The standard InChI is InChI=1S/C24H24BrNO10S2/c1-11(27)32-10-17-19(33-12(2)28)20(34-13(3)29)21(35-14(4)30)23(36-17)26-22(31)18(38-24(26)37)9-15-5-7-16(25)8-6-15/h5-9,17,19-21,23H,10H2,1-4H3/b18-9-/t17-,19+,20-,21+,23-/m0/s1. The molecule has 1 aromatic carbocycles. The predicted octanol–water partition coefficient (Wildman–Crippen LogP) is 2.73. The molecule has 0 aliphatic carbocycles. The van der Waals surface area contributed by atoms with Gasteiger partial charge in [-0.25, -0.2) is 0 Å². The first-order valence-corrected chi connectivity index (χ1v) is 13.2. The number of hydrogen-bond acceptors (Lipinski definition) is 12. The van der Waals surface area contributed by atoms with E-state index in [4.69, 9.17) is 35.9 Å². The normalized spacial score (nSPS) is 26.2. The molecule has 2 saturated heterocycles. The van der Waals surface area contributed by atoms with Crippen LogP contribution in [0.4, 0.5) is 0 Å². The van der Waals surface area contributed by atoms with Crippen LogP contribution < -0.4 is 0 Å². The van der Waals surface area contributed by atoms with Crippen molar-refractivity contribution in [1.29, 1.82) is 0 Å². The molecule has 11 nitrogen and oxygen atoms in total. The average Bonchev–Trinajstić information content (AvgIpc) is 3.08. The topological polar surface area (TPSA) is 135 Å². The fourth-order valence-electron chi connectivity index (χ4n) is 3.82. The highest BCUT2D eigenvalue weighted by atomic mass is 79.9. The highest BCUT2D eigenvalue weighted by Gasteiger charge is 2.56. The molecule has 0 saturated carbocycles. The highest BCUT2D eigenvalue weighted by Crippen LogP contribution is 2.39. The fourth-order valence-corrected chi connectivity index (χ4v) is 5.40. The van der Waals surface area contributed by atoms with Crippen LogP contribution >= 0.6 is 39.9 Å². The van der Waals surface area contributed by atoms with Gasteiger partial charge in [0.2, 0.25) is 0 Å². The van der Waals surface area contributed by atoms with Gasteiger partial charge < -0.3 is 23.7 Å². The largest absolute Gasteiger partial charge is 0.463 e. The summed E-state index contributed by atoms with van der Waals surface area (Å²) in [6.45, 7) is 4.10. The number of thioether (sulfide) groups is 1. The van der Waals surface area contributed by atoms with E-state index in [0.29, 0.717) is 0 Å². The van der Waals surface area contributed by atoms with Crippen molar-refractivity contribution in [3.05, 3.63) is 39.2 Å². The van der Waals surface area contributed by atoms with Crippen LogP contribution in [0.15, 0.2) is 33.6 Å². The van der Waals surface area contributed by atoms with Gasteiger partial charge in [0.05, 0.1) is 4.91 Å². The van der Waals surface area contributed by atoms with Crippen molar-refractivity contribution in [2.75, 3.05) is 6.61 Å². The SMILES string of the molecule is CC(=O)OC[C@@H]1O[C@H](N2C(=O)/C(=C/c3ccc(Br)cc3)SC2=S)[C@H](OC(C)=O)[C@@H](OC(C)=O)[C@@H]1OC(C)=O. The minimum Gasteiger partial charge on any atom is -0.463 e. The zero-order chi connectivity index (χ0) is 28.1. The molecule has 2 fully saturated rings. The average molecular weight is 630 g/mol. The van der Waals surface area contributed by atoms with Crippen LogP contribution in [0.25, 0.3) is 6.08 Å². The number of thiocarbonyl (C=S) groups is 1. The number of esters is 4. The number of rotatable bonds is 7. The number of ether oxygens (including phenoxy) is 5. The molecular weight excluding hydrogens is 606 g/mol. The lowest BCUT2D eigenvalue weighted by Crippen LogP contribution is -2.66. The van der Waals surface area contributed by atoms with Gasteiger partial charge in [-0.3, -0.25) is 28.9 Å². The molecule has 0 spiro atoms. The Morgan fingerprint density at radius 2 is 1.50 bits per heavy atom. The maximum Gasteiger partial charge on any atom is 0.303 e. The number of carbonyl (C=O) groups excluding carboxylic acids is 5. The van der Waals surface area contributed by atoms with E-state index >= 15 is 0 Å². The van der Waals surface area contributed by atoms with Crippen molar-refractivity contribution < 1.29 is 47.7 Å². The van der Waals surface area contributed by atoms with E-state index in [1.54, 1.807) is 18.2 Å². The Balaban J connectivity index is 2.04. The highest BCUT2D eigenvalue weighted by molar-refractivity contribution is 9.10. The second kappa shape index (κ2) is 12.8. The van der Waals surface area contributed by atoms with E-state index in [2.05, 4.69) is 15.9 Å². The minimum absolute atomic E-state index is 0.0826. The van der Waals surface area contributed by atoms with E-state index in [-0.39, 0.29) is 9.23 Å². The fraction of sp³-hybridized carbons (Fsp3) is 0.417. The van der Waals surface area contributed by atoms with Gasteiger partial charge in [0.25, 0.3) is 5.91 Å². The molecule has 2 heterocycles. The van der Waals surface area contributed by atoms with Crippen molar-refractivity contribution in [1.82, 2.24) is 4.90 Å². The summed E-state index contributed by atoms with van der Waals surface area (Å²) in [4.78, 5) is 62.4. The Morgan fingerprint density at radius 3 is 2.05 bits per heavy atom. The van der Waals surface area contributed by atoms with E-state index < -0.39 is 67.0 Å². The van der Waals surface area contributed by atoms with Crippen molar-refractivity contribution in [3.8, 4) is 0 Å². The van der Waals surface area contributed by atoms with Crippen LogP contribution in [-0.4, -0.2) is 76.3 Å². The molecule has 3 rings (SSSR count). The zero-order valence-electron chi connectivity index (χ0n) is 20.7. The summed E-state index contributed by atoms with van der Waals surface area (Å²) in [7, 11) is 0. The number of carbonyl (C=O) groups is 5. The Labute approximate surface area is 236 Å². The molecule has 2 aliphatic rings. The molecule has 1 amide bonds. The minimum atomic E-state index is -1.44. The van der Waals surface area contributed by atoms with Crippen LogP contribution in [0.3, 0.4) is 0 Å². The van der Waals surface area contributed by atoms with Crippen LogP contribution in [-0.2, 0) is 47.7 Å². The monoisotopic (exact) mass is 629 g/mol. The first-order valence-electron chi connectivity index (χ1n) is 11.2. The third-order valence-corrected chi connectivity index (χ3v) is 7.07. The summed E-state index contributed by atoms with van der Waals surface area (Å²) in [6.07, 6.45) is -5.17. The molecule has 38 heavy (non-hydrogen) atoms. The van der Waals surface area contributed by atoms with Gasteiger partial charge >= 0.3 is 23.9 Å². The Morgan fingerprint density at radius 1 is 0.947 bits per heavy atom. The number of hydrogen-bond donors (Lipinski definition) is 0. The summed E-state index contributed by atoms with van der Waals surface area (Å²) in [6, 6.07) is 7.22. The lowest BCUT2D eigenvalue weighted by atomic mass is 9.96. The molecule has 5 atom stereocenters. The second-order valence-electron chi connectivity index (χ2n) is 8.19. The molecule has 14 heteroatoms. The zero-order valence-corrected chi connectivity index (χ0v) is 23.9. The van der Waals surface area contributed by atoms with Crippen LogP contribution in [0.1, 0.15) is 33.3 Å². The second-order valence-corrected chi connectivity index (χ2v) is 10.8. The van der Waals surface area contributed by atoms with E-state index in [0.717, 1.165) is 47.5 Å². The molecule has 1 aromatic rings. The number of amides is 1. The van der Waals surface area contributed by atoms with E-state index in [1.165, 1.54) is 6.92 Å². The summed E-state index contributed by atoms with van der Waals surface area (Å²) in [5.74, 6) is -3.52. The Kier molecular flexibility index (Phi) is 10.0. The van der Waals surface area contributed by atoms with Gasteiger partial charge in [-0.2, -0.15) is 0 Å². The maximum absolute atomic E-state index is 13.5. The first kappa shape index (κ1) is 29.7. The number of nitrogens with zero attached hydrogens (tertiary/aromatic N) is 1.